The van der Waals surface area contributed by atoms with E-state index in [1.807, 2.05) is 21.1 Å². The summed E-state index contributed by atoms with van der Waals surface area (Å²) in [6, 6.07) is 0. The Balaban J connectivity index is 0. The van der Waals surface area contributed by atoms with Crippen molar-refractivity contribution in [2.24, 2.45) is 0 Å². The first kappa shape index (κ1) is 33.4. The van der Waals surface area contributed by atoms with Crippen molar-refractivity contribution < 1.29 is 36.0 Å². The quantitative estimate of drug-likeness (QED) is 0.144. The van der Waals surface area contributed by atoms with E-state index in [9.17, 15) is 9.59 Å². The first-order valence-electron chi connectivity index (χ1n) is 12.9. The number of hydrogen-bond donors (Lipinski definition) is 0. The van der Waals surface area contributed by atoms with Gasteiger partial charge in [0.15, 0.2) is 6.10 Å². The van der Waals surface area contributed by atoms with Crippen LogP contribution in [-0.4, -0.2) is 56.8 Å². The van der Waals surface area contributed by atoms with Crippen LogP contribution in [0.25, 0.3) is 0 Å². The van der Waals surface area contributed by atoms with Gasteiger partial charge in [0.2, 0.25) is 0 Å². The van der Waals surface area contributed by atoms with Crippen LogP contribution in [0.4, 0.5) is 0 Å². The van der Waals surface area contributed by atoms with Crippen LogP contribution in [0.5, 0.6) is 0 Å². The molecule has 0 heterocycles. The van der Waals surface area contributed by atoms with E-state index < -0.39 is 6.10 Å². The fourth-order valence-electron chi connectivity index (χ4n) is 3.72. The summed E-state index contributed by atoms with van der Waals surface area (Å²) in [6.07, 6.45) is 16.8. The van der Waals surface area contributed by atoms with Gasteiger partial charge in [-0.3, -0.25) is 9.59 Å². The van der Waals surface area contributed by atoms with Gasteiger partial charge in [0.25, 0.3) is 0 Å². The van der Waals surface area contributed by atoms with Crippen LogP contribution >= 0.6 is 0 Å². The van der Waals surface area contributed by atoms with Gasteiger partial charge in [-0.25, -0.2) is 0 Å². The van der Waals surface area contributed by atoms with Gasteiger partial charge in [-0.15, -0.1) is 0 Å². The maximum Gasteiger partial charge on any atom is 0.309 e. The number of ether oxygens (including phenoxy) is 2. The van der Waals surface area contributed by atoms with Gasteiger partial charge in [-0.05, 0) is 12.8 Å². The van der Waals surface area contributed by atoms with E-state index in [0.29, 0.717) is 24.1 Å². The van der Waals surface area contributed by atoms with Crippen molar-refractivity contribution >= 4 is 11.9 Å². The molecule has 5 nitrogen and oxygen atoms in total. The van der Waals surface area contributed by atoms with Crippen molar-refractivity contribution in [1.82, 2.24) is 0 Å². The molecule has 0 saturated heterocycles. The molecule has 1 atom stereocenters. The van der Waals surface area contributed by atoms with Crippen molar-refractivity contribution in [3.63, 3.8) is 0 Å². The molecule has 0 aliphatic heterocycles. The number of carbonyl (C=O) groups is 2. The van der Waals surface area contributed by atoms with Crippen molar-refractivity contribution in [2.75, 3.05) is 34.3 Å². The largest absolute Gasteiger partial charge is 1.00 e. The van der Waals surface area contributed by atoms with Gasteiger partial charge in [-0.2, -0.15) is 0 Å². The number of rotatable bonds is 21. The zero-order valence-corrected chi connectivity index (χ0v) is 22.5. The lowest BCUT2D eigenvalue weighted by molar-refractivity contribution is -0.873. The van der Waals surface area contributed by atoms with Crippen molar-refractivity contribution in [1.29, 1.82) is 0 Å². The highest BCUT2D eigenvalue weighted by atomic mass is 35.5. The third-order valence-electron chi connectivity index (χ3n) is 5.44. The van der Waals surface area contributed by atoms with Crippen LogP contribution in [0.15, 0.2) is 0 Å². The minimum absolute atomic E-state index is 0. The predicted molar refractivity (Wildman–Crippen MR) is 129 cm³/mol. The molecular weight excluding hydrogens is 426 g/mol. The Morgan fingerprint density at radius 3 is 1.66 bits per heavy atom. The molecule has 0 fully saturated rings. The molecule has 0 N–H and O–H groups in total. The fourth-order valence-corrected chi connectivity index (χ4v) is 3.72. The number of halogens is 1. The van der Waals surface area contributed by atoms with Crippen molar-refractivity contribution in [2.45, 2.75) is 123 Å². The van der Waals surface area contributed by atoms with E-state index in [1.54, 1.807) is 0 Å². The molecule has 0 radical (unpaired) electrons. The standard InChI is InChI=1S/C26H52NO4.ClH/c1-6-8-10-12-13-14-15-17-19-21-30-26(29)22-24(23-27(3,4)5)31-25(28)20-18-16-11-9-7-2;/h24H,6-23H2,1-5H3;1H/q+1;/p-1. The number of unbranched alkanes of at least 4 members (excludes halogenated alkanes) is 12. The summed E-state index contributed by atoms with van der Waals surface area (Å²) in [4.78, 5) is 24.5. The van der Waals surface area contributed by atoms with Crippen LogP contribution < -0.4 is 12.4 Å². The zero-order chi connectivity index (χ0) is 23.4. The van der Waals surface area contributed by atoms with Gasteiger partial charge in [0.1, 0.15) is 6.54 Å². The topological polar surface area (TPSA) is 52.6 Å². The normalized spacial score (nSPS) is 12.2. The summed E-state index contributed by atoms with van der Waals surface area (Å²) < 4.78 is 11.7. The Morgan fingerprint density at radius 2 is 1.16 bits per heavy atom. The highest BCUT2D eigenvalue weighted by Gasteiger charge is 2.25. The summed E-state index contributed by atoms with van der Waals surface area (Å²) in [5.74, 6) is -0.449. The first-order valence-corrected chi connectivity index (χ1v) is 12.9. The van der Waals surface area contributed by atoms with Crippen molar-refractivity contribution in [3.8, 4) is 0 Å². The smallest absolute Gasteiger partial charge is 0.309 e. The van der Waals surface area contributed by atoms with Crippen molar-refractivity contribution in [3.05, 3.63) is 0 Å². The maximum absolute atomic E-state index is 12.3. The van der Waals surface area contributed by atoms with Crippen LogP contribution in [0.2, 0.25) is 0 Å². The molecule has 0 amide bonds. The van der Waals surface area contributed by atoms with Gasteiger partial charge in [-0.1, -0.05) is 90.9 Å². The second-order valence-corrected chi connectivity index (χ2v) is 10.0. The number of nitrogens with zero attached hydrogens (tertiary/aromatic N) is 1. The lowest BCUT2D eigenvalue weighted by Gasteiger charge is -2.28. The molecule has 6 heteroatoms. The van der Waals surface area contributed by atoms with Crippen LogP contribution in [0.1, 0.15) is 117 Å². The molecule has 0 aliphatic carbocycles. The van der Waals surface area contributed by atoms with Gasteiger partial charge in [0, 0.05) is 6.42 Å². The molecule has 0 aromatic heterocycles. The number of hydrogen-bond acceptors (Lipinski definition) is 4. The van der Waals surface area contributed by atoms with Crippen LogP contribution in [0.3, 0.4) is 0 Å². The average Bonchev–Trinajstić information content (AvgIpc) is 2.68. The second-order valence-electron chi connectivity index (χ2n) is 10.0. The Bertz CT molecular complexity index is 452. The summed E-state index contributed by atoms with van der Waals surface area (Å²) in [5, 5.41) is 0. The average molecular weight is 478 g/mol. The lowest BCUT2D eigenvalue weighted by Crippen LogP contribution is -3.00. The van der Waals surface area contributed by atoms with E-state index in [1.165, 1.54) is 57.8 Å². The monoisotopic (exact) mass is 477 g/mol. The Labute approximate surface area is 205 Å². The molecule has 0 bridgehead atoms. The van der Waals surface area contributed by atoms with E-state index in [0.717, 1.165) is 32.1 Å². The number of carbonyl (C=O) groups excluding carboxylic acids is 2. The van der Waals surface area contributed by atoms with Gasteiger partial charge in [0.05, 0.1) is 34.2 Å². The van der Waals surface area contributed by atoms with E-state index in [2.05, 4.69) is 13.8 Å². The molecular formula is C26H52ClNO4. The van der Waals surface area contributed by atoms with E-state index >= 15 is 0 Å². The summed E-state index contributed by atoms with van der Waals surface area (Å²) in [5.41, 5.74) is 0. The first-order chi connectivity index (χ1) is 14.8. The highest BCUT2D eigenvalue weighted by molar-refractivity contribution is 5.72. The van der Waals surface area contributed by atoms with Gasteiger partial charge < -0.3 is 26.4 Å². The number of esters is 2. The van der Waals surface area contributed by atoms with E-state index in [-0.39, 0.29) is 30.8 Å². The molecule has 0 aromatic rings. The summed E-state index contributed by atoms with van der Waals surface area (Å²) in [7, 11) is 6.12. The van der Waals surface area contributed by atoms with E-state index in [4.69, 9.17) is 9.47 Å². The second kappa shape index (κ2) is 22.0. The third kappa shape index (κ3) is 23.8. The molecule has 1 unspecified atom stereocenters. The molecule has 0 spiro atoms. The maximum atomic E-state index is 12.3. The molecule has 0 aliphatic rings. The summed E-state index contributed by atoms with van der Waals surface area (Å²) >= 11 is 0. The molecule has 0 saturated carbocycles. The Hall–Kier alpha value is -0.810. The molecule has 32 heavy (non-hydrogen) atoms. The third-order valence-corrected chi connectivity index (χ3v) is 5.44. The molecule has 0 rings (SSSR count). The highest BCUT2D eigenvalue weighted by Crippen LogP contribution is 2.12. The van der Waals surface area contributed by atoms with Crippen LogP contribution in [-0.2, 0) is 19.1 Å². The SMILES string of the molecule is CCCCCCCCCCCOC(=O)CC(C[N+](C)(C)C)OC(=O)CCCCCCC.[Cl-]. The lowest BCUT2D eigenvalue weighted by atomic mass is 10.1. The summed E-state index contributed by atoms with van der Waals surface area (Å²) in [6.45, 7) is 5.50. The minimum Gasteiger partial charge on any atom is -1.00 e. The Kier molecular flexibility index (Phi) is 22.9. The fraction of sp³-hybridized carbons (Fsp3) is 0.923. The number of likely N-dealkylation sites (N-methyl/N-ethyl adjacent to an activating group) is 1. The Morgan fingerprint density at radius 1 is 0.688 bits per heavy atom. The molecule has 0 aromatic carbocycles. The predicted octanol–water partition coefficient (Wildman–Crippen LogP) is 3.43. The molecule has 192 valence electrons. The van der Waals surface area contributed by atoms with Gasteiger partial charge >= 0.3 is 11.9 Å². The van der Waals surface area contributed by atoms with Crippen LogP contribution in [0, 0.1) is 0 Å². The minimum atomic E-state index is -0.418. The number of quaternary nitrogens is 1. The zero-order valence-electron chi connectivity index (χ0n) is 21.8.